The molecule has 0 amide bonds. The number of nitrogens with zero attached hydrogens (tertiary/aromatic N) is 3. The first-order chi connectivity index (χ1) is 7.74. The number of nitrogens with one attached hydrogen (secondary N) is 1. The Morgan fingerprint density at radius 3 is 3.31 bits per heavy atom. The number of nitrogen functional groups attached to an aromatic ring is 1. The van der Waals surface area contributed by atoms with Crippen LogP contribution in [0.3, 0.4) is 0 Å². The Morgan fingerprint density at radius 1 is 1.69 bits per heavy atom. The highest BCUT2D eigenvalue weighted by Crippen LogP contribution is 2.06. The average Bonchev–Trinajstić information content (AvgIpc) is 2.27. The van der Waals surface area contributed by atoms with Gasteiger partial charge >= 0.3 is 0 Å². The summed E-state index contributed by atoms with van der Waals surface area (Å²) in [4.78, 5) is 10.2. The minimum absolute atomic E-state index is 0.204. The van der Waals surface area contributed by atoms with Gasteiger partial charge in [0, 0.05) is 25.8 Å². The summed E-state index contributed by atoms with van der Waals surface area (Å²) in [6.45, 7) is 3.46. The van der Waals surface area contributed by atoms with Crippen molar-refractivity contribution < 1.29 is 4.74 Å². The largest absolute Gasteiger partial charge is 0.374 e. The van der Waals surface area contributed by atoms with E-state index in [2.05, 4.69) is 27.2 Å². The summed E-state index contributed by atoms with van der Waals surface area (Å²) in [5.74, 6) is 1.02. The van der Waals surface area contributed by atoms with E-state index in [1.165, 1.54) is 0 Å². The lowest BCUT2D eigenvalue weighted by Crippen LogP contribution is -2.43. The summed E-state index contributed by atoms with van der Waals surface area (Å²) in [6, 6.07) is 1.79. The van der Waals surface area contributed by atoms with Crippen molar-refractivity contribution in [2.75, 3.05) is 44.3 Å². The number of hydrogen-bond donors (Lipinski definition) is 2. The SMILES string of the molecule is CN1CCOC(CNc2ccnc(N)n2)C1. The maximum absolute atomic E-state index is 5.62. The van der Waals surface area contributed by atoms with Gasteiger partial charge in [-0.05, 0) is 13.1 Å². The van der Waals surface area contributed by atoms with Gasteiger partial charge in [-0.1, -0.05) is 0 Å². The molecule has 1 aliphatic heterocycles. The lowest BCUT2D eigenvalue weighted by Gasteiger charge is -2.30. The zero-order valence-corrected chi connectivity index (χ0v) is 9.39. The molecule has 2 rings (SSSR count). The van der Waals surface area contributed by atoms with E-state index in [-0.39, 0.29) is 12.1 Å². The summed E-state index contributed by atoms with van der Waals surface area (Å²) >= 11 is 0. The van der Waals surface area contributed by atoms with E-state index in [1.54, 1.807) is 12.3 Å². The molecule has 0 aromatic carbocycles. The Labute approximate surface area is 94.8 Å². The summed E-state index contributed by atoms with van der Waals surface area (Å²) in [5.41, 5.74) is 5.49. The van der Waals surface area contributed by atoms with Crippen molar-refractivity contribution >= 4 is 11.8 Å². The van der Waals surface area contributed by atoms with E-state index < -0.39 is 0 Å². The third kappa shape index (κ3) is 3.04. The molecular weight excluding hydrogens is 206 g/mol. The van der Waals surface area contributed by atoms with Crippen molar-refractivity contribution in [2.45, 2.75) is 6.10 Å². The Kier molecular flexibility index (Phi) is 3.53. The van der Waals surface area contributed by atoms with Gasteiger partial charge in [-0.2, -0.15) is 4.98 Å². The first-order valence-corrected chi connectivity index (χ1v) is 5.36. The minimum Gasteiger partial charge on any atom is -0.374 e. The number of aromatic nitrogens is 2. The molecule has 16 heavy (non-hydrogen) atoms. The average molecular weight is 223 g/mol. The predicted molar refractivity (Wildman–Crippen MR) is 62.2 cm³/mol. The third-order valence-corrected chi connectivity index (χ3v) is 2.53. The van der Waals surface area contributed by atoms with Crippen molar-refractivity contribution in [3.63, 3.8) is 0 Å². The van der Waals surface area contributed by atoms with E-state index in [0.29, 0.717) is 0 Å². The van der Waals surface area contributed by atoms with E-state index in [9.17, 15) is 0 Å². The molecular formula is C10H17N5O. The van der Waals surface area contributed by atoms with Crippen LogP contribution in [-0.4, -0.2) is 54.3 Å². The second kappa shape index (κ2) is 5.09. The smallest absolute Gasteiger partial charge is 0.221 e. The first-order valence-electron chi connectivity index (χ1n) is 5.36. The van der Waals surface area contributed by atoms with E-state index in [4.69, 9.17) is 10.5 Å². The Bertz CT molecular complexity index is 346. The van der Waals surface area contributed by atoms with Crippen molar-refractivity contribution in [3.8, 4) is 0 Å². The lowest BCUT2D eigenvalue weighted by molar-refractivity contribution is -0.0117. The summed E-state index contributed by atoms with van der Waals surface area (Å²) in [5, 5.41) is 3.19. The predicted octanol–water partition coefficient (Wildman–Crippen LogP) is -0.199. The molecule has 0 radical (unpaired) electrons. The van der Waals surface area contributed by atoms with Crippen LogP contribution in [0.5, 0.6) is 0 Å². The molecule has 6 heteroatoms. The van der Waals surface area contributed by atoms with Gasteiger partial charge in [0.1, 0.15) is 5.82 Å². The van der Waals surface area contributed by atoms with Crippen molar-refractivity contribution in [2.24, 2.45) is 0 Å². The van der Waals surface area contributed by atoms with Gasteiger partial charge in [0.05, 0.1) is 12.7 Å². The van der Waals surface area contributed by atoms with E-state index in [1.807, 2.05) is 0 Å². The Balaban J connectivity index is 1.82. The molecule has 1 fully saturated rings. The Hall–Kier alpha value is -1.40. The lowest BCUT2D eigenvalue weighted by atomic mass is 10.3. The van der Waals surface area contributed by atoms with Crippen molar-refractivity contribution in [3.05, 3.63) is 12.3 Å². The molecule has 3 N–H and O–H groups in total. The topological polar surface area (TPSA) is 76.3 Å². The molecule has 2 heterocycles. The number of morpholine rings is 1. The number of hydrogen-bond acceptors (Lipinski definition) is 6. The fourth-order valence-electron chi connectivity index (χ4n) is 1.68. The number of ether oxygens (including phenoxy) is 1. The highest BCUT2D eigenvalue weighted by molar-refractivity contribution is 5.37. The second-order valence-electron chi connectivity index (χ2n) is 3.94. The maximum Gasteiger partial charge on any atom is 0.221 e. The van der Waals surface area contributed by atoms with Crippen LogP contribution in [0.15, 0.2) is 12.3 Å². The van der Waals surface area contributed by atoms with Crippen LogP contribution in [-0.2, 0) is 4.74 Å². The molecule has 1 aliphatic rings. The Morgan fingerprint density at radius 2 is 2.56 bits per heavy atom. The molecule has 0 spiro atoms. The van der Waals surface area contributed by atoms with Crippen LogP contribution < -0.4 is 11.1 Å². The number of rotatable bonds is 3. The van der Waals surface area contributed by atoms with Crippen molar-refractivity contribution in [1.82, 2.24) is 14.9 Å². The van der Waals surface area contributed by atoms with Gasteiger partial charge in [0.25, 0.3) is 0 Å². The van der Waals surface area contributed by atoms with Crippen LogP contribution >= 0.6 is 0 Å². The van der Waals surface area contributed by atoms with Crippen LogP contribution in [0.2, 0.25) is 0 Å². The van der Waals surface area contributed by atoms with Gasteiger partial charge in [-0.15, -0.1) is 0 Å². The maximum atomic E-state index is 5.62. The molecule has 1 aromatic rings. The monoisotopic (exact) mass is 223 g/mol. The van der Waals surface area contributed by atoms with Gasteiger partial charge in [-0.3, -0.25) is 0 Å². The zero-order chi connectivity index (χ0) is 11.4. The van der Waals surface area contributed by atoms with Gasteiger partial charge in [0.15, 0.2) is 0 Å². The first kappa shape index (κ1) is 11.1. The van der Waals surface area contributed by atoms with Gasteiger partial charge < -0.3 is 20.7 Å². The second-order valence-corrected chi connectivity index (χ2v) is 3.94. The molecule has 0 bridgehead atoms. The van der Waals surface area contributed by atoms with Crippen LogP contribution in [0.1, 0.15) is 0 Å². The molecule has 6 nitrogen and oxygen atoms in total. The molecule has 0 saturated carbocycles. The van der Waals surface area contributed by atoms with Crippen molar-refractivity contribution in [1.29, 1.82) is 0 Å². The summed E-state index contributed by atoms with van der Waals surface area (Å²) in [7, 11) is 2.10. The summed E-state index contributed by atoms with van der Waals surface area (Å²) in [6.07, 6.45) is 1.84. The normalized spacial score (nSPS) is 21.9. The molecule has 88 valence electrons. The minimum atomic E-state index is 0.204. The van der Waals surface area contributed by atoms with E-state index in [0.717, 1.165) is 32.1 Å². The quantitative estimate of drug-likeness (QED) is 0.739. The van der Waals surface area contributed by atoms with Crippen LogP contribution in [0.25, 0.3) is 0 Å². The number of likely N-dealkylation sites (N-methyl/N-ethyl adjacent to an activating group) is 1. The molecule has 1 aromatic heterocycles. The molecule has 1 saturated heterocycles. The number of anilines is 2. The van der Waals surface area contributed by atoms with Crippen LogP contribution in [0, 0.1) is 0 Å². The standard InChI is InChI=1S/C10H17N5O/c1-15-4-5-16-8(7-15)6-13-9-2-3-12-10(11)14-9/h2-3,8H,4-7H2,1H3,(H3,11,12,13,14). The fourth-order valence-corrected chi connectivity index (χ4v) is 1.68. The summed E-state index contributed by atoms with van der Waals surface area (Å²) < 4.78 is 5.62. The number of nitrogens with two attached hydrogens (primary N) is 1. The highest BCUT2D eigenvalue weighted by atomic mass is 16.5. The molecule has 0 aliphatic carbocycles. The third-order valence-electron chi connectivity index (χ3n) is 2.53. The van der Waals surface area contributed by atoms with Gasteiger partial charge in [0.2, 0.25) is 5.95 Å². The molecule has 1 atom stereocenters. The van der Waals surface area contributed by atoms with E-state index >= 15 is 0 Å². The van der Waals surface area contributed by atoms with Gasteiger partial charge in [-0.25, -0.2) is 4.98 Å². The van der Waals surface area contributed by atoms with Crippen LogP contribution in [0.4, 0.5) is 11.8 Å². The molecule has 1 unspecified atom stereocenters. The highest BCUT2D eigenvalue weighted by Gasteiger charge is 2.17. The zero-order valence-electron chi connectivity index (χ0n) is 9.39. The fraction of sp³-hybridized carbons (Fsp3) is 0.600.